The van der Waals surface area contributed by atoms with E-state index in [1.54, 1.807) is 56.5 Å². The Bertz CT molecular complexity index is 709. The summed E-state index contributed by atoms with van der Waals surface area (Å²) in [6, 6.07) is 11.1. The van der Waals surface area contributed by atoms with Gasteiger partial charge < -0.3 is 14.2 Å². The quantitative estimate of drug-likeness (QED) is 0.583. The lowest BCUT2D eigenvalue weighted by Gasteiger charge is -2.07. The third kappa shape index (κ3) is 4.32. The highest BCUT2D eigenvalue weighted by Gasteiger charge is 2.12. The third-order valence-electron chi connectivity index (χ3n) is 2.96. The fraction of sp³-hybridized carbons (Fsp3) is 0.176. The van der Waals surface area contributed by atoms with Crippen LogP contribution in [0, 0.1) is 0 Å². The summed E-state index contributed by atoms with van der Waals surface area (Å²) in [6.07, 6.45) is 0. The van der Waals surface area contributed by atoms with Crippen LogP contribution in [0.3, 0.4) is 0 Å². The minimum absolute atomic E-state index is 0.307. The molecule has 0 bridgehead atoms. The second-order valence-electron chi connectivity index (χ2n) is 4.48. The predicted molar refractivity (Wildman–Crippen MR) is 88.1 cm³/mol. The summed E-state index contributed by atoms with van der Waals surface area (Å²) in [6.45, 7) is 2.04. The Hall–Kier alpha value is -2.34. The van der Waals surface area contributed by atoms with Crippen molar-refractivity contribution in [3.63, 3.8) is 0 Å². The van der Waals surface area contributed by atoms with Gasteiger partial charge in [-0.25, -0.2) is 9.59 Å². The smallest absolute Gasteiger partial charge is 0.343 e. The standard InChI is InChI=1S/C17H15BrO5/c1-3-22-16(19)11-4-7-13(8-5-11)23-17(20)12-6-9-15(21-2)14(18)10-12/h4-10H,3H2,1-2H3. The number of ether oxygens (including phenoxy) is 3. The van der Waals surface area contributed by atoms with Crippen LogP contribution < -0.4 is 9.47 Å². The molecule has 0 spiro atoms. The van der Waals surface area contributed by atoms with Crippen LogP contribution in [-0.4, -0.2) is 25.7 Å². The van der Waals surface area contributed by atoms with Crippen molar-refractivity contribution < 1.29 is 23.8 Å². The Kier molecular flexibility index (Phi) is 5.76. The third-order valence-corrected chi connectivity index (χ3v) is 3.58. The zero-order valence-corrected chi connectivity index (χ0v) is 14.3. The van der Waals surface area contributed by atoms with E-state index in [1.165, 1.54) is 0 Å². The minimum Gasteiger partial charge on any atom is -0.496 e. The molecule has 2 aromatic rings. The van der Waals surface area contributed by atoms with Gasteiger partial charge in [-0.2, -0.15) is 0 Å². The summed E-state index contributed by atoms with van der Waals surface area (Å²) in [5, 5.41) is 0. The second kappa shape index (κ2) is 7.78. The fourth-order valence-corrected chi connectivity index (χ4v) is 2.37. The molecule has 0 N–H and O–H groups in total. The Morgan fingerprint density at radius 1 is 1.00 bits per heavy atom. The van der Waals surface area contributed by atoms with E-state index in [9.17, 15) is 9.59 Å². The topological polar surface area (TPSA) is 61.8 Å². The van der Waals surface area contributed by atoms with E-state index in [0.29, 0.717) is 33.7 Å². The molecule has 120 valence electrons. The highest BCUT2D eigenvalue weighted by atomic mass is 79.9. The zero-order chi connectivity index (χ0) is 16.8. The molecule has 2 rings (SSSR count). The predicted octanol–water partition coefficient (Wildman–Crippen LogP) is 3.85. The van der Waals surface area contributed by atoms with E-state index in [0.717, 1.165) is 0 Å². The van der Waals surface area contributed by atoms with Gasteiger partial charge in [-0.3, -0.25) is 0 Å². The molecular formula is C17H15BrO5. The van der Waals surface area contributed by atoms with Gasteiger partial charge in [-0.1, -0.05) is 0 Å². The molecule has 0 atom stereocenters. The van der Waals surface area contributed by atoms with Gasteiger partial charge in [-0.05, 0) is 65.3 Å². The molecule has 0 saturated carbocycles. The second-order valence-corrected chi connectivity index (χ2v) is 5.34. The molecule has 0 saturated heterocycles. The molecule has 2 aromatic carbocycles. The number of carbonyl (C=O) groups excluding carboxylic acids is 2. The van der Waals surface area contributed by atoms with Crippen LogP contribution in [0.5, 0.6) is 11.5 Å². The Labute approximate surface area is 142 Å². The van der Waals surface area contributed by atoms with E-state index in [4.69, 9.17) is 14.2 Å². The van der Waals surface area contributed by atoms with Crippen LogP contribution in [-0.2, 0) is 4.74 Å². The Balaban J connectivity index is 2.08. The summed E-state index contributed by atoms with van der Waals surface area (Å²) >= 11 is 3.32. The molecular weight excluding hydrogens is 364 g/mol. The molecule has 0 fully saturated rings. The number of halogens is 1. The van der Waals surface area contributed by atoms with E-state index >= 15 is 0 Å². The van der Waals surface area contributed by atoms with E-state index in [-0.39, 0.29) is 0 Å². The average molecular weight is 379 g/mol. The number of benzene rings is 2. The summed E-state index contributed by atoms with van der Waals surface area (Å²) in [7, 11) is 1.54. The monoisotopic (exact) mass is 378 g/mol. The lowest BCUT2D eigenvalue weighted by Crippen LogP contribution is -2.09. The lowest BCUT2D eigenvalue weighted by atomic mass is 10.2. The van der Waals surface area contributed by atoms with Gasteiger partial charge in [0, 0.05) is 0 Å². The first-order valence-electron chi connectivity index (χ1n) is 6.88. The first-order valence-corrected chi connectivity index (χ1v) is 7.67. The van der Waals surface area contributed by atoms with Crippen molar-refractivity contribution >= 4 is 27.9 Å². The maximum atomic E-state index is 12.1. The van der Waals surface area contributed by atoms with Gasteiger partial charge in [0.05, 0.1) is 29.3 Å². The summed E-state index contributed by atoms with van der Waals surface area (Å²) < 4.78 is 15.9. The fourth-order valence-electron chi connectivity index (χ4n) is 1.83. The van der Waals surface area contributed by atoms with Crippen LogP contribution in [0.2, 0.25) is 0 Å². The highest BCUT2D eigenvalue weighted by molar-refractivity contribution is 9.10. The maximum absolute atomic E-state index is 12.1. The van der Waals surface area contributed by atoms with Crippen LogP contribution in [0.4, 0.5) is 0 Å². The first kappa shape index (κ1) is 17.0. The normalized spacial score (nSPS) is 10.0. The van der Waals surface area contributed by atoms with Crippen molar-refractivity contribution in [2.45, 2.75) is 6.92 Å². The van der Waals surface area contributed by atoms with Crippen LogP contribution in [0.25, 0.3) is 0 Å². The molecule has 0 amide bonds. The summed E-state index contributed by atoms with van der Waals surface area (Å²) in [4.78, 5) is 23.7. The molecule has 5 nitrogen and oxygen atoms in total. The Morgan fingerprint density at radius 2 is 1.65 bits per heavy atom. The molecule has 0 aromatic heterocycles. The average Bonchev–Trinajstić information content (AvgIpc) is 2.55. The zero-order valence-electron chi connectivity index (χ0n) is 12.7. The molecule has 0 radical (unpaired) electrons. The number of esters is 2. The van der Waals surface area contributed by atoms with Crippen molar-refractivity contribution in [3.8, 4) is 11.5 Å². The number of methoxy groups -OCH3 is 1. The molecule has 0 aliphatic rings. The largest absolute Gasteiger partial charge is 0.496 e. The summed E-state index contributed by atoms with van der Waals surface area (Å²) in [5.74, 6) is 0.0528. The van der Waals surface area contributed by atoms with Gasteiger partial charge in [0.1, 0.15) is 11.5 Å². The van der Waals surface area contributed by atoms with Gasteiger partial charge in [0.2, 0.25) is 0 Å². The lowest BCUT2D eigenvalue weighted by molar-refractivity contribution is 0.0526. The number of hydrogen-bond donors (Lipinski definition) is 0. The molecule has 0 aliphatic heterocycles. The van der Waals surface area contributed by atoms with Crippen molar-refractivity contribution in [1.82, 2.24) is 0 Å². The number of carbonyl (C=O) groups is 2. The van der Waals surface area contributed by atoms with E-state index in [2.05, 4.69) is 15.9 Å². The van der Waals surface area contributed by atoms with Gasteiger partial charge >= 0.3 is 11.9 Å². The molecule has 0 heterocycles. The van der Waals surface area contributed by atoms with Crippen molar-refractivity contribution in [2.24, 2.45) is 0 Å². The number of hydrogen-bond acceptors (Lipinski definition) is 5. The van der Waals surface area contributed by atoms with Gasteiger partial charge in [-0.15, -0.1) is 0 Å². The number of rotatable bonds is 5. The molecule has 6 heteroatoms. The summed E-state index contributed by atoms with van der Waals surface area (Å²) in [5.41, 5.74) is 0.783. The van der Waals surface area contributed by atoms with E-state index < -0.39 is 11.9 Å². The Morgan fingerprint density at radius 3 is 2.22 bits per heavy atom. The van der Waals surface area contributed by atoms with Crippen LogP contribution >= 0.6 is 15.9 Å². The molecule has 23 heavy (non-hydrogen) atoms. The van der Waals surface area contributed by atoms with Crippen molar-refractivity contribution in [3.05, 3.63) is 58.1 Å². The molecule has 0 aliphatic carbocycles. The SMILES string of the molecule is CCOC(=O)c1ccc(OC(=O)c2ccc(OC)c(Br)c2)cc1. The van der Waals surface area contributed by atoms with Gasteiger partial charge in [0.25, 0.3) is 0 Å². The van der Waals surface area contributed by atoms with Gasteiger partial charge in [0.15, 0.2) is 0 Å². The van der Waals surface area contributed by atoms with E-state index in [1.807, 2.05) is 0 Å². The van der Waals surface area contributed by atoms with Crippen LogP contribution in [0.15, 0.2) is 46.9 Å². The minimum atomic E-state index is -0.503. The highest BCUT2D eigenvalue weighted by Crippen LogP contribution is 2.26. The first-order chi connectivity index (χ1) is 11.0. The van der Waals surface area contributed by atoms with Crippen molar-refractivity contribution in [2.75, 3.05) is 13.7 Å². The maximum Gasteiger partial charge on any atom is 0.343 e. The van der Waals surface area contributed by atoms with Crippen LogP contribution in [0.1, 0.15) is 27.6 Å². The van der Waals surface area contributed by atoms with Crippen molar-refractivity contribution in [1.29, 1.82) is 0 Å². The molecule has 0 unspecified atom stereocenters.